The molecule has 1 rings (SSSR count). The van der Waals surface area contributed by atoms with Crippen LogP contribution in [0.5, 0.6) is 0 Å². The van der Waals surface area contributed by atoms with Crippen LogP contribution >= 0.6 is 0 Å². The van der Waals surface area contributed by atoms with Crippen LogP contribution in [0.2, 0.25) is 0 Å². The maximum atomic E-state index is 11.9. The lowest BCUT2D eigenvalue weighted by Crippen LogP contribution is -2.17. The van der Waals surface area contributed by atoms with E-state index in [2.05, 4.69) is 10.6 Å². The van der Waals surface area contributed by atoms with E-state index in [0.717, 1.165) is 5.56 Å². The number of anilines is 1. The van der Waals surface area contributed by atoms with E-state index < -0.39 is 11.9 Å². The highest BCUT2D eigenvalue weighted by Gasteiger charge is 2.08. The molecule has 0 saturated heterocycles. The van der Waals surface area contributed by atoms with Crippen molar-refractivity contribution in [3.05, 3.63) is 41.6 Å². The first-order chi connectivity index (χ1) is 10.0. The summed E-state index contributed by atoms with van der Waals surface area (Å²) in [6.07, 6.45) is 1.76. The number of carboxylic acid groups (broad SMARTS) is 1. The van der Waals surface area contributed by atoms with Crippen molar-refractivity contribution in [3.8, 4) is 6.07 Å². The van der Waals surface area contributed by atoms with Gasteiger partial charge < -0.3 is 15.7 Å². The minimum atomic E-state index is -0.876. The van der Waals surface area contributed by atoms with Gasteiger partial charge in [0.05, 0.1) is 0 Å². The van der Waals surface area contributed by atoms with E-state index in [0.29, 0.717) is 18.7 Å². The summed E-state index contributed by atoms with van der Waals surface area (Å²) in [6, 6.07) is 9.02. The molecule has 0 aliphatic carbocycles. The van der Waals surface area contributed by atoms with Crippen LogP contribution in [0.15, 0.2) is 36.0 Å². The summed E-state index contributed by atoms with van der Waals surface area (Å²) in [7, 11) is 0. The Labute approximate surface area is 123 Å². The zero-order chi connectivity index (χ0) is 15.7. The fraction of sp³-hybridized carbons (Fsp3) is 0.267. The molecule has 0 radical (unpaired) electrons. The number of nitriles is 1. The number of aliphatic carboxylic acids is 1. The first kappa shape index (κ1) is 16.2. The molecule has 0 unspecified atom stereocenters. The van der Waals surface area contributed by atoms with Gasteiger partial charge in [-0.3, -0.25) is 9.59 Å². The molecule has 0 fully saturated rings. The second-order valence-electron chi connectivity index (χ2n) is 4.44. The molecule has 0 spiro atoms. The topological polar surface area (TPSA) is 102 Å². The average molecular weight is 287 g/mol. The van der Waals surface area contributed by atoms with E-state index in [4.69, 9.17) is 10.4 Å². The predicted molar refractivity (Wildman–Crippen MR) is 78.4 cm³/mol. The lowest BCUT2D eigenvalue weighted by Gasteiger charge is -2.05. The molecule has 0 heterocycles. The Balaban J connectivity index is 2.51. The standard InChI is InChI=1S/C15H17N3O3/c1-11-4-6-13(7-5-11)18-15(21)12(9-16)10-17-8-2-3-14(19)20/h4-7,10,17H,2-3,8H2,1H3,(H,18,21)(H,19,20)/b12-10-. The molecule has 110 valence electrons. The minimum absolute atomic E-state index is 0.0400. The molecule has 1 amide bonds. The molecule has 1 aromatic carbocycles. The number of rotatable bonds is 7. The summed E-state index contributed by atoms with van der Waals surface area (Å²) < 4.78 is 0. The van der Waals surface area contributed by atoms with E-state index >= 15 is 0 Å². The van der Waals surface area contributed by atoms with Gasteiger partial charge in [0, 0.05) is 24.9 Å². The first-order valence-electron chi connectivity index (χ1n) is 6.46. The molecule has 1 aromatic rings. The van der Waals surface area contributed by atoms with Crippen LogP contribution in [0.25, 0.3) is 0 Å². The molecular formula is C15H17N3O3. The number of carbonyl (C=O) groups is 2. The van der Waals surface area contributed by atoms with Crippen LogP contribution in [-0.2, 0) is 9.59 Å². The summed E-state index contributed by atoms with van der Waals surface area (Å²) in [4.78, 5) is 22.2. The zero-order valence-electron chi connectivity index (χ0n) is 11.7. The van der Waals surface area contributed by atoms with E-state index in [-0.39, 0.29) is 12.0 Å². The fourth-order valence-corrected chi connectivity index (χ4v) is 1.50. The van der Waals surface area contributed by atoms with E-state index in [9.17, 15) is 9.59 Å². The van der Waals surface area contributed by atoms with Crippen molar-refractivity contribution in [3.63, 3.8) is 0 Å². The maximum absolute atomic E-state index is 11.9. The highest BCUT2D eigenvalue weighted by Crippen LogP contribution is 2.09. The lowest BCUT2D eigenvalue weighted by atomic mass is 10.2. The normalized spacial score (nSPS) is 10.6. The van der Waals surface area contributed by atoms with Crippen molar-refractivity contribution >= 4 is 17.6 Å². The summed E-state index contributed by atoms with van der Waals surface area (Å²) in [5.41, 5.74) is 1.62. The number of amides is 1. The summed E-state index contributed by atoms with van der Waals surface area (Å²) in [5, 5.41) is 22.8. The first-order valence-corrected chi connectivity index (χ1v) is 6.46. The van der Waals surface area contributed by atoms with Gasteiger partial charge in [-0.05, 0) is 25.5 Å². The number of nitrogens with one attached hydrogen (secondary N) is 2. The second-order valence-corrected chi connectivity index (χ2v) is 4.44. The third-order valence-corrected chi connectivity index (χ3v) is 2.63. The third-order valence-electron chi connectivity index (χ3n) is 2.63. The number of benzene rings is 1. The molecule has 6 nitrogen and oxygen atoms in total. The van der Waals surface area contributed by atoms with E-state index in [1.54, 1.807) is 18.2 Å². The molecule has 0 aliphatic rings. The number of aryl methyl sites for hydroxylation is 1. The van der Waals surface area contributed by atoms with Crippen LogP contribution < -0.4 is 10.6 Å². The van der Waals surface area contributed by atoms with Crippen molar-refractivity contribution in [2.75, 3.05) is 11.9 Å². The minimum Gasteiger partial charge on any atom is -0.481 e. The molecule has 21 heavy (non-hydrogen) atoms. The van der Waals surface area contributed by atoms with Gasteiger partial charge in [-0.1, -0.05) is 17.7 Å². The van der Waals surface area contributed by atoms with E-state index in [1.807, 2.05) is 19.1 Å². The Bertz CT molecular complexity index is 571. The van der Waals surface area contributed by atoms with Crippen molar-refractivity contribution in [2.24, 2.45) is 0 Å². The monoisotopic (exact) mass is 287 g/mol. The maximum Gasteiger partial charge on any atom is 0.303 e. The van der Waals surface area contributed by atoms with Crippen molar-refractivity contribution < 1.29 is 14.7 Å². The van der Waals surface area contributed by atoms with Crippen LogP contribution in [0, 0.1) is 18.3 Å². The Kier molecular flexibility index (Phi) is 6.48. The van der Waals surface area contributed by atoms with Gasteiger partial charge in [0.2, 0.25) is 0 Å². The molecule has 6 heteroatoms. The van der Waals surface area contributed by atoms with Crippen LogP contribution in [0.1, 0.15) is 18.4 Å². The highest BCUT2D eigenvalue weighted by atomic mass is 16.4. The van der Waals surface area contributed by atoms with Crippen LogP contribution in [0.3, 0.4) is 0 Å². The molecule has 0 atom stereocenters. The third kappa shape index (κ3) is 6.25. The number of carboxylic acids is 1. The van der Waals surface area contributed by atoms with Gasteiger partial charge in [-0.15, -0.1) is 0 Å². The second kappa shape index (κ2) is 8.38. The molecule has 0 aliphatic heterocycles. The van der Waals surface area contributed by atoms with Gasteiger partial charge in [0.1, 0.15) is 11.6 Å². The summed E-state index contributed by atoms with van der Waals surface area (Å²) in [6.45, 7) is 2.32. The van der Waals surface area contributed by atoms with Gasteiger partial charge in [-0.25, -0.2) is 0 Å². The van der Waals surface area contributed by atoms with Gasteiger partial charge in [-0.2, -0.15) is 5.26 Å². The fourth-order valence-electron chi connectivity index (χ4n) is 1.50. The molecule has 0 saturated carbocycles. The van der Waals surface area contributed by atoms with Crippen molar-refractivity contribution in [2.45, 2.75) is 19.8 Å². The smallest absolute Gasteiger partial charge is 0.303 e. The van der Waals surface area contributed by atoms with Crippen molar-refractivity contribution in [1.29, 1.82) is 5.26 Å². The number of nitrogens with zero attached hydrogens (tertiary/aromatic N) is 1. The Morgan fingerprint density at radius 2 is 2.00 bits per heavy atom. The highest BCUT2D eigenvalue weighted by molar-refractivity contribution is 6.06. The largest absolute Gasteiger partial charge is 0.481 e. The van der Waals surface area contributed by atoms with E-state index in [1.165, 1.54) is 6.20 Å². The predicted octanol–water partition coefficient (Wildman–Crippen LogP) is 1.80. The quantitative estimate of drug-likeness (QED) is 0.403. The summed E-state index contributed by atoms with van der Waals surface area (Å²) >= 11 is 0. The lowest BCUT2D eigenvalue weighted by molar-refractivity contribution is -0.137. The SMILES string of the molecule is Cc1ccc(NC(=O)/C(C#N)=C\NCCCC(=O)O)cc1. The number of carbonyl (C=O) groups excluding carboxylic acids is 1. The van der Waals surface area contributed by atoms with Gasteiger partial charge >= 0.3 is 5.97 Å². The molecule has 0 aromatic heterocycles. The average Bonchev–Trinajstić information content (AvgIpc) is 2.45. The Morgan fingerprint density at radius 1 is 1.33 bits per heavy atom. The van der Waals surface area contributed by atoms with Crippen LogP contribution in [0.4, 0.5) is 5.69 Å². The number of hydrogen-bond acceptors (Lipinski definition) is 4. The molecule has 3 N–H and O–H groups in total. The summed E-state index contributed by atoms with van der Waals surface area (Å²) in [5.74, 6) is -1.38. The Hall–Kier alpha value is -2.81. The van der Waals surface area contributed by atoms with Gasteiger partial charge in [0.15, 0.2) is 0 Å². The number of hydrogen-bond donors (Lipinski definition) is 3. The molecular weight excluding hydrogens is 270 g/mol. The Morgan fingerprint density at radius 3 is 2.57 bits per heavy atom. The zero-order valence-corrected chi connectivity index (χ0v) is 11.7. The molecule has 0 bridgehead atoms. The van der Waals surface area contributed by atoms with Gasteiger partial charge in [0.25, 0.3) is 5.91 Å². The van der Waals surface area contributed by atoms with Crippen LogP contribution in [-0.4, -0.2) is 23.5 Å². The van der Waals surface area contributed by atoms with Crippen molar-refractivity contribution in [1.82, 2.24) is 5.32 Å².